The molecule has 200 valence electrons. The molecule has 0 aromatic heterocycles. The van der Waals surface area contributed by atoms with Crippen molar-refractivity contribution in [2.24, 2.45) is 0 Å². The number of hydrogen-bond donors (Lipinski definition) is 0. The third-order valence-corrected chi connectivity index (χ3v) is 7.73. The van der Waals surface area contributed by atoms with Gasteiger partial charge in [0.15, 0.2) is 0 Å². The van der Waals surface area contributed by atoms with Gasteiger partial charge in [-0.1, -0.05) is 48.5 Å². The third-order valence-electron chi connectivity index (χ3n) is 7.73. The number of benzene rings is 3. The average molecular weight is 517 g/mol. The predicted octanol–water partition coefficient (Wildman–Crippen LogP) is 5.25. The van der Waals surface area contributed by atoms with Crippen molar-refractivity contribution in [3.63, 3.8) is 0 Å². The Morgan fingerprint density at radius 3 is 1.29 bits per heavy atom. The molecule has 6 rings (SSSR count). The first-order valence-electron chi connectivity index (χ1n) is 13.5. The maximum Gasteiger partial charge on any atom is 0.119 e. The van der Waals surface area contributed by atoms with E-state index in [4.69, 9.17) is 28.4 Å². The maximum atomic E-state index is 6.18. The van der Waals surface area contributed by atoms with Crippen LogP contribution in [-0.2, 0) is 30.0 Å². The largest absolute Gasteiger partial charge is 0.491 e. The van der Waals surface area contributed by atoms with E-state index in [9.17, 15) is 0 Å². The van der Waals surface area contributed by atoms with Crippen molar-refractivity contribution in [3.05, 3.63) is 95.1 Å². The van der Waals surface area contributed by atoms with Crippen LogP contribution in [0, 0.1) is 0 Å². The van der Waals surface area contributed by atoms with Gasteiger partial charge in [0.1, 0.15) is 43.0 Å². The molecule has 3 heterocycles. The lowest BCUT2D eigenvalue weighted by Gasteiger charge is -2.33. The highest BCUT2D eigenvalue weighted by Gasteiger charge is 2.33. The molecular weight excluding hydrogens is 480 g/mol. The highest BCUT2D eigenvalue weighted by atomic mass is 16.6. The predicted molar refractivity (Wildman–Crippen MR) is 144 cm³/mol. The molecule has 0 radical (unpaired) electrons. The zero-order chi connectivity index (χ0) is 26.2. The quantitative estimate of drug-likeness (QED) is 0.229. The Morgan fingerprint density at radius 1 is 0.553 bits per heavy atom. The first-order valence-corrected chi connectivity index (χ1v) is 13.5. The van der Waals surface area contributed by atoms with Crippen LogP contribution in [0.5, 0.6) is 11.5 Å². The molecular formula is C32H36O6. The van der Waals surface area contributed by atoms with E-state index in [2.05, 4.69) is 69.3 Å². The van der Waals surface area contributed by atoms with Crippen molar-refractivity contribution in [3.8, 4) is 11.5 Å². The van der Waals surface area contributed by atoms with Crippen LogP contribution in [-0.4, -0.2) is 58.0 Å². The summed E-state index contributed by atoms with van der Waals surface area (Å²) in [6.07, 6.45) is 0.704. The second-order valence-corrected chi connectivity index (χ2v) is 11.1. The number of epoxide rings is 3. The SMILES string of the molecule is CC(C)(OCC1CO1)c1ccc(C(C)(c2ccc(OCC3CO3)cc2)c2ccc(OCC3CO3)cc2)cc1. The number of rotatable bonds is 13. The Balaban J connectivity index is 1.28. The fourth-order valence-corrected chi connectivity index (χ4v) is 4.73. The minimum atomic E-state index is -0.393. The van der Waals surface area contributed by atoms with Gasteiger partial charge in [0.25, 0.3) is 0 Å². The lowest BCUT2D eigenvalue weighted by atomic mass is 9.71. The van der Waals surface area contributed by atoms with E-state index in [1.807, 2.05) is 24.3 Å². The summed E-state index contributed by atoms with van der Waals surface area (Å²) in [7, 11) is 0. The van der Waals surface area contributed by atoms with Crippen LogP contribution in [0.4, 0.5) is 0 Å². The van der Waals surface area contributed by atoms with Crippen LogP contribution in [0.1, 0.15) is 43.0 Å². The molecule has 3 aromatic carbocycles. The molecule has 6 heteroatoms. The Bertz CT molecular complexity index is 1150. The van der Waals surface area contributed by atoms with Gasteiger partial charge >= 0.3 is 0 Å². The molecule has 0 aliphatic carbocycles. The van der Waals surface area contributed by atoms with E-state index in [1.54, 1.807) is 0 Å². The molecule has 0 amide bonds. The third kappa shape index (κ3) is 5.89. The second-order valence-electron chi connectivity index (χ2n) is 11.1. The molecule has 0 bridgehead atoms. The summed E-state index contributed by atoms with van der Waals surface area (Å²) in [6.45, 7) is 10.7. The summed E-state index contributed by atoms with van der Waals surface area (Å²) in [4.78, 5) is 0. The summed E-state index contributed by atoms with van der Waals surface area (Å²) in [6, 6.07) is 25.6. The normalized spacial score (nSPS) is 23.4. The van der Waals surface area contributed by atoms with Gasteiger partial charge in [-0.15, -0.1) is 0 Å². The topological polar surface area (TPSA) is 65.3 Å². The lowest BCUT2D eigenvalue weighted by Crippen LogP contribution is -2.27. The summed E-state index contributed by atoms with van der Waals surface area (Å²) in [5, 5.41) is 0. The smallest absolute Gasteiger partial charge is 0.119 e. The lowest BCUT2D eigenvalue weighted by molar-refractivity contribution is -0.0285. The van der Waals surface area contributed by atoms with E-state index >= 15 is 0 Å². The van der Waals surface area contributed by atoms with Crippen molar-refractivity contribution < 1.29 is 28.4 Å². The zero-order valence-corrected chi connectivity index (χ0v) is 22.4. The number of ether oxygens (including phenoxy) is 6. The van der Waals surface area contributed by atoms with Gasteiger partial charge in [-0.2, -0.15) is 0 Å². The molecule has 38 heavy (non-hydrogen) atoms. The summed E-state index contributed by atoms with van der Waals surface area (Å²) in [5.41, 5.74) is 3.92. The molecule has 0 spiro atoms. The number of hydrogen-bond acceptors (Lipinski definition) is 6. The molecule has 0 saturated carbocycles. The zero-order valence-electron chi connectivity index (χ0n) is 22.4. The first-order chi connectivity index (χ1) is 18.4. The van der Waals surface area contributed by atoms with Crippen molar-refractivity contribution in [1.29, 1.82) is 0 Å². The van der Waals surface area contributed by atoms with Gasteiger partial charge in [0.2, 0.25) is 0 Å². The molecule has 3 aliphatic rings. The van der Waals surface area contributed by atoms with Gasteiger partial charge in [0.05, 0.1) is 32.0 Å². The van der Waals surface area contributed by atoms with Crippen molar-refractivity contribution >= 4 is 0 Å². The Morgan fingerprint density at radius 2 is 0.895 bits per heavy atom. The van der Waals surface area contributed by atoms with Gasteiger partial charge in [0, 0.05) is 5.41 Å². The van der Waals surface area contributed by atoms with Gasteiger partial charge in [-0.3, -0.25) is 0 Å². The maximum absolute atomic E-state index is 6.18. The van der Waals surface area contributed by atoms with Crippen LogP contribution in [0.2, 0.25) is 0 Å². The molecule has 3 aliphatic heterocycles. The summed E-state index contributed by atoms with van der Waals surface area (Å²) < 4.78 is 33.8. The highest BCUT2D eigenvalue weighted by molar-refractivity contribution is 5.52. The molecule has 3 fully saturated rings. The molecule has 3 aromatic rings. The minimum Gasteiger partial charge on any atom is -0.491 e. The molecule has 3 unspecified atom stereocenters. The molecule has 3 saturated heterocycles. The first kappa shape index (κ1) is 25.4. The summed E-state index contributed by atoms with van der Waals surface area (Å²) >= 11 is 0. The summed E-state index contributed by atoms with van der Waals surface area (Å²) in [5.74, 6) is 1.71. The van der Waals surface area contributed by atoms with Crippen LogP contribution < -0.4 is 9.47 Å². The van der Waals surface area contributed by atoms with Crippen molar-refractivity contribution in [2.45, 2.75) is 50.1 Å². The average Bonchev–Trinajstić information content (AvgIpc) is 3.79. The monoisotopic (exact) mass is 516 g/mol. The van der Waals surface area contributed by atoms with E-state index in [0.29, 0.717) is 19.8 Å². The van der Waals surface area contributed by atoms with Gasteiger partial charge < -0.3 is 28.4 Å². The molecule has 3 atom stereocenters. The molecule has 6 nitrogen and oxygen atoms in total. The Labute approximate surface area is 224 Å². The van der Waals surface area contributed by atoms with Crippen LogP contribution in [0.3, 0.4) is 0 Å². The fraction of sp³-hybridized carbons (Fsp3) is 0.438. The van der Waals surface area contributed by atoms with Gasteiger partial charge in [-0.05, 0) is 67.3 Å². The fourth-order valence-electron chi connectivity index (χ4n) is 4.73. The van der Waals surface area contributed by atoms with Crippen molar-refractivity contribution in [1.82, 2.24) is 0 Å². The van der Waals surface area contributed by atoms with Crippen molar-refractivity contribution in [2.75, 3.05) is 39.6 Å². The van der Waals surface area contributed by atoms with Crippen LogP contribution in [0.25, 0.3) is 0 Å². The highest BCUT2D eigenvalue weighted by Crippen LogP contribution is 2.41. The van der Waals surface area contributed by atoms with Crippen LogP contribution >= 0.6 is 0 Å². The van der Waals surface area contributed by atoms with E-state index in [-0.39, 0.29) is 23.7 Å². The minimum absolute atomic E-state index is 0.232. The van der Waals surface area contributed by atoms with E-state index < -0.39 is 5.60 Å². The Kier molecular flexibility index (Phi) is 6.91. The van der Waals surface area contributed by atoms with E-state index in [1.165, 1.54) is 16.7 Å². The van der Waals surface area contributed by atoms with Crippen LogP contribution in [0.15, 0.2) is 72.8 Å². The second kappa shape index (κ2) is 10.3. The standard InChI is InChI=1S/C32H36O6/c1-31(2,38-21-30-20-37-30)22-4-6-23(7-5-22)32(3,24-8-12-26(13-9-24)33-16-28-18-35-28)25-10-14-27(15-11-25)34-17-29-19-36-29/h4-15,28-30H,16-21H2,1-3H3. The van der Waals surface area contributed by atoms with Gasteiger partial charge in [-0.25, -0.2) is 0 Å². The van der Waals surface area contributed by atoms with E-state index in [0.717, 1.165) is 36.9 Å². The Hall–Kier alpha value is -2.90. The molecule has 0 N–H and O–H groups in total.